The van der Waals surface area contributed by atoms with Gasteiger partial charge < -0.3 is 15.0 Å². The lowest BCUT2D eigenvalue weighted by atomic mass is 9.87. The summed E-state index contributed by atoms with van der Waals surface area (Å²) in [6, 6.07) is 8.28. The molecule has 3 atom stereocenters. The number of aromatic amines is 1. The first-order valence-electron chi connectivity index (χ1n) is 8.56. The standard InChI is InChI=1S/C18H25N5O2/c1-12-16(9-17(24)20-8-7-14-10-19-11-21-14)18(23-22-12)13-3-5-15(25-2)6-4-13/h3-6,10-12,16,18,22-23H,7-9H2,1-2H3,(H,19,21)(H,20,24). The van der Waals surface area contributed by atoms with Gasteiger partial charge in [0.1, 0.15) is 5.75 Å². The van der Waals surface area contributed by atoms with Crippen LogP contribution in [0.4, 0.5) is 0 Å². The molecule has 0 saturated carbocycles. The number of carbonyl (C=O) groups is 1. The zero-order valence-corrected chi connectivity index (χ0v) is 14.6. The van der Waals surface area contributed by atoms with Crippen molar-refractivity contribution < 1.29 is 9.53 Å². The molecule has 1 fully saturated rings. The highest BCUT2D eigenvalue weighted by molar-refractivity contribution is 5.76. The van der Waals surface area contributed by atoms with E-state index in [9.17, 15) is 4.79 Å². The zero-order chi connectivity index (χ0) is 17.6. The van der Waals surface area contributed by atoms with E-state index < -0.39 is 0 Å². The van der Waals surface area contributed by atoms with Crippen LogP contribution in [0.3, 0.4) is 0 Å². The van der Waals surface area contributed by atoms with E-state index in [-0.39, 0.29) is 23.9 Å². The van der Waals surface area contributed by atoms with Gasteiger partial charge in [0.25, 0.3) is 0 Å². The highest BCUT2D eigenvalue weighted by Crippen LogP contribution is 2.32. The van der Waals surface area contributed by atoms with Crippen LogP contribution in [0.2, 0.25) is 0 Å². The molecule has 2 aromatic rings. The van der Waals surface area contributed by atoms with E-state index in [2.05, 4.69) is 33.1 Å². The number of aromatic nitrogens is 2. The number of hydrogen-bond acceptors (Lipinski definition) is 5. The normalized spacial score (nSPS) is 22.7. The lowest BCUT2D eigenvalue weighted by Crippen LogP contribution is -2.32. The third-order valence-electron chi connectivity index (χ3n) is 4.70. The number of rotatable bonds is 7. The van der Waals surface area contributed by atoms with Crippen LogP contribution in [0.5, 0.6) is 5.75 Å². The number of methoxy groups -OCH3 is 1. The van der Waals surface area contributed by atoms with Gasteiger partial charge in [0.05, 0.1) is 19.5 Å². The Kier molecular flexibility index (Phi) is 5.67. The summed E-state index contributed by atoms with van der Waals surface area (Å²) in [7, 11) is 1.66. The minimum Gasteiger partial charge on any atom is -0.497 e. The van der Waals surface area contributed by atoms with E-state index in [1.54, 1.807) is 19.6 Å². The molecule has 0 aliphatic carbocycles. The summed E-state index contributed by atoms with van der Waals surface area (Å²) in [4.78, 5) is 19.3. The number of amides is 1. The Morgan fingerprint density at radius 1 is 1.28 bits per heavy atom. The third-order valence-corrected chi connectivity index (χ3v) is 4.70. The van der Waals surface area contributed by atoms with Crippen molar-refractivity contribution >= 4 is 5.91 Å². The SMILES string of the molecule is COc1ccc(C2NNC(C)C2CC(=O)NCCc2cnc[nH]2)cc1. The van der Waals surface area contributed by atoms with Crippen LogP contribution in [0.1, 0.15) is 30.6 Å². The third kappa shape index (κ3) is 4.37. The van der Waals surface area contributed by atoms with Crippen molar-refractivity contribution in [3.8, 4) is 5.75 Å². The topological polar surface area (TPSA) is 91.1 Å². The highest BCUT2D eigenvalue weighted by atomic mass is 16.5. The molecule has 4 N–H and O–H groups in total. The van der Waals surface area contributed by atoms with Crippen LogP contribution in [0.15, 0.2) is 36.8 Å². The van der Waals surface area contributed by atoms with Gasteiger partial charge in [-0.2, -0.15) is 0 Å². The Morgan fingerprint density at radius 3 is 2.76 bits per heavy atom. The maximum atomic E-state index is 12.3. The molecule has 1 aliphatic rings. The molecule has 1 aromatic carbocycles. The molecule has 0 bridgehead atoms. The molecule has 3 rings (SSSR count). The fourth-order valence-corrected chi connectivity index (χ4v) is 3.20. The average Bonchev–Trinajstić information content (AvgIpc) is 3.26. The molecule has 1 saturated heterocycles. The summed E-state index contributed by atoms with van der Waals surface area (Å²) >= 11 is 0. The van der Waals surface area contributed by atoms with Gasteiger partial charge in [0, 0.05) is 43.2 Å². The molecular weight excluding hydrogens is 318 g/mol. The lowest BCUT2D eigenvalue weighted by molar-refractivity contribution is -0.122. The van der Waals surface area contributed by atoms with Crippen molar-refractivity contribution in [2.45, 2.75) is 31.8 Å². The molecule has 7 nitrogen and oxygen atoms in total. The van der Waals surface area contributed by atoms with E-state index in [4.69, 9.17) is 4.74 Å². The summed E-state index contributed by atoms with van der Waals surface area (Å²) in [6.07, 6.45) is 4.65. The maximum absolute atomic E-state index is 12.3. The fraction of sp³-hybridized carbons (Fsp3) is 0.444. The molecule has 1 amide bonds. The smallest absolute Gasteiger partial charge is 0.220 e. The van der Waals surface area contributed by atoms with Crippen LogP contribution in [0.25, 0.3) is 0 Å². The average molecular weight is 343 g/mol. The number of benzene rings is 1. The zero-order valence-electron chi connectivity index (χ0n) is 14.6. The van der Waals surface area contributed by atoms with Gasteiger partial charge >= 0.3 is 0 Å². The van der Waals surface area contributed by atoms with Gasteiger partial charge in [-0.15, -0.1) is 0 Å². The number of ether oxygens (including phenoxy) is 1. The summed E-state index contributed by atoms with van der Waals surface area (Å²) in [5.74, 6) is 1.08. The van der Waals surface area contributed by atoms with Crippen LogP contribution < -0.4 is 20.9 Å². The van der Waals surface area contributed by atoms with Crippen LogP contribution in [-0.4, -0.2) is 35.6 Å². The number of nitrogens with one attached hydrogen (secondary N) is 4. The van der Waals surface area contributed by atoms with E-state index in [0.717, 1.165) is 23.4 Å². The van der Waals surface area contributed by atoms with Crippen molar-refractivity contribution in [1.82, 2.24) is 26.1 Å². The molecule has 0 radical (unpaired) electrons. The van der Waals surface area contributed by atoms with Crippen molar-refractivity contribution in [1.29, 1.82) is 0 Å². The molecule has 2 heterocycles. The molecule has 25 heavy (non-hydrogen) atoms. The predicted molar refractivity (Wildman–Crippen MR) is 94.9 cm³/mol. The molecular formula is C18H25N5O2. The Labute approximate surface area is 147 Å². The first-order valence-corrected chi connectivity index (χ1v) is 8.56. The first-order chi connectivity index (χ1) is 12.2. The summed E-state index contributed by atoms with van der Waals surface area (Å²) < 4.78 is 5.21. The van der Waals surface area contributed by atoms with E-state index in [1.807, 2.05) is 24.3 Å². The van der Waals surface area contributed by atoms with Gasteiger partial charge in [0.2, 0.25) is 5.91 Å². The minimum absolute atomic E-state index is 0.0698. The second kappa shape index (κ2) is 8.13. The summed E-state index contributed by atoms with van der Waals surface area (Å²) in [6.45, 7) is 2.70. The largest absolute Gasteiger partial charge is 0.497 e. The van der Waals surface area contributed by atoms with Gasteiger partial charge in [-0.1, -0.05) is 12.1 Å². The van der Waals surface area contributed by atoms with Gasteiger partial charge in [-0.25, -0.2) is 10.4 Å². The van der Waals surface area contributed by atoms with Crippen LogP contribution in [0, 0.1) is 5.92 Å². The molecule has 7 heteroatoms. The number of carbonyl (C=O) groups excluding carboxylic acids is 1. The van der Waals surface area contributed by atoms with E-state index in [0.29, 0.717) is 13.0 Å². The van der Waals surface area contributed by atoms with Gasteiger partial charge in [-0.3, -0.25) is 10.2 Å². The van der Waals surface area contributed by atoms with Crippen LogP contribution in [-0.2, 0) is 11.2 Å². The van der Waals surface area contributed by atoms with Crippen LogP contribution >= 0.6 is 0 Å². The Morgan fingerprint density at radius 2 is 2.08 bits per heavy atom. The van der Waals surface area contributed by atoms with Crippen molar-refractivity contribution in [2.75, 3.05) is 13.7 Å². The van der Waals surface area contributed by atoms with Gasteiger partial charge in [0.15, 0.2) is 0 Å². The molecule has 3 unspecified atom stereocenters. The number of hydrazine groups is 1. The highest BCUT2D eigenvalue weighted by Gasteiger charge is 2.35. The molecule has 1 aliphatic heterocycles. The summed E-state index contributed by atoms with van der Waals surface area (Å²) in [5, 5.41) is 3.00. The molecule has 1 aromatic heterocycles. The molecule has 0 spiro atoms. The minimum atomic E-state index is 0.0698. The maximum Gasteiger partial charge on any atom is 0.220 e. The van der Waals surface area contributed by atoms with Crippen molar-refractivity contribution in [3.63, 3.8) is 0 Å². The van der Waals surface area contributed by atoms with E-state index >= 15 is 0 Å². The predicted octanol–water partition coefficient (Wildman–Crippen LogP) is 1.32. The monoisotopic (exact) mass is 343 g/mol. The first kappa shape index (κ1) is 17.4. The number of imidazole rings is 1. The second-order valence-corrected chi connectivity index (χ2v) is 6.37. The second-order valence-electron chi connectivity index (χ2n) is 6.37. The quantitative estimate of drug-likeness (QED) is 0.609. The Balaban J connectivity index is 1.55. The Hall–Kier alpha value is -2.38. The number of nitrogens with zero attached hydrogens (tertiary/aromatic N) is 1. The van der Waals surface area contributed by atoms with E-state index in [1.165, 1.54) is 0 Å². The van der Waals surface area contributed by atoms with Gasteiger partial charge in [-0.05, 0) is 24.6 Å². The lowest BCUT2D eigenvalue weighted by Gasteiger charge is -2.21. The Bertz CT molecular complexity index is 671. The van der Waals surface area contributed by atoms with Crippen molar-refractivity contribution in [3.05, 3.63) is 48.0 Å². The molecule has 134 valence electrons. The number of H-pyrrole nitrogens is 1. The van der Waals surface area contributed by atoms with Crippen molar-refractivity contribution in [2.24, 2.45) is 5.92 Å². The fourth-order valence-electron chi connectivity index (χ4n) is 3.20. The number of hydrogen-bond donors (Lipinski definition) is 4. The summed E-state index contributed by atoms with van der Waals surface area (Å²) in [5.41, 5.74) is 8.73.